The van der Waals surface area contributed by atoms with Gasteiger partial charge in [-0.15, -0.1) is 0 Å². The van der Waals surface area contributed by atoms with Gasteiger partial charge in [0.15, 0.2) is 5.78 Å². The van der Waals surface area contributed by atoms with Crippen LogP contribution in [0.3, 0.4) is 0 Å². The third kappa shape index (κ3) is 1.59. The van der Waals surface area contributed by atoms with E-state index in [9.17, 15) is 4.79 Å². The normalized spacial score (nSPS) is 32.2. The summed E-state index contributed by atoms with van der Waals surface area (Å²) in [4.78, 5) is 11.1. The fourth-order valence-corrected chi connectivity index (χ4v) is 1.87. The maximum Gasteiger partial charge on any atom is 0.159 e. The van der Waals surface area contributed by atoms with Crippen LogP contribution in [0, 0.1) is 5.92 Å². The quantitative estimate of drug-likeness (QED) is 0.645. The van der Waals surface area contributed by atoms with Crippen molar-refractivity contribution in [2.45, 2.75) is 25.9 Å². The maximum atomic E-state index is 11.1. The van der Waals surface area contributed by atoms with Gasteiger partial charge in [-0.05, 0) is 25.3 Å². The Morgan fingerprint density at radius 3 is 2.85 bits per heavy atom. The summed E-state index contributed by atoms with van der Waals surface area (Å²) in [7, 11) is 0. The molecular formula is C11H14O2. The molecule has 1 aliphatic carbocycles. The number of ether oxygens (including phenoxy) is 1. The van der Waals surface area contributed by atoms with Gasteiger partial charge in [0.25, 0.3) is 0 Å². The molecule has 0 saturated carbocycles. The standard InChI is InChI=1S/C11H14O2/c1-8(12)11-10(7-13-11)9-5-3-2-4-6-9/h3,5-6,10-11H,2,4,7H2,1H3. The lowest BCUT2D eigenvalue weighted by Crippen LogP contribution is -2.45. The van der Waals surface area contributed by atoms with E-state index in [1.807, 2.05) is 0 Å². The molecule has 2 rings (SSSR count). The van der Waals surface area contributed by atoms with Crippen molar-refractivity contribution in [3.05, 3.63) is 23.8 Å². The summed E-state index contributed by atoms with van der Waals surface area (Å²) in [5.41, 5.74) is 1.29. The molecule has 1 heterocycles. The largest absolute Gasteiger partial charge is 0.369 e. The highest BCUT2D eigenvalue weighted by atomic mass is 16.5. The van der Waals surface area contributed by atoms with Gasteiger partial charge in [0.2, 0.25) is 0 Å². The van der Waals surface area contributed by atoms with Gasteiger partial charge in [-0.2, -0.15) is 0 Å². The fraction of sp³-hybridized carbons (Fsp3) is 0.545. The molecule has 1 saturated heterocycles. The van der Waals surface area contributed by atoms with E-state index in [1.54, 1.807) is 6.92 Å². The predicted molar refractivity (Wildman–Crippen MR) is 50.4 cm³/mol. The van der Waals surface area contributed by atoms with Crippen molar-refractivity contribution >= 4 is 5.78 Å². The van der Waals surface area contributed by atoms with E-state index in [0.717, 1.165) is 12.8 Å². The number of ketones is 1. The first kappa shape index (κ1) is 8.70. The molecule has 0 aromatic carbocycles. The first-order valence-electron chi connectivity index (χ1n) is 4.77. The lowest BCUT2D eigenvalue weighted by Gasteiger charge is -2.36. The molecule has 70 valence electrons. The van der Waals surface area contributed by atoms with E-state index >= 15 is 0 Å². The zero-order valence-electron chi connectivity index (χ0n) is 7.82. The Bertz CT molecular complexity index is 276. The van der Waals surface area contributed by atoms with E-state index in [4.69, 9.17) is 4.74 Å². The number of carbonyl (C=O) groups excluding carboxylic acids is 1. The molecule has 0 amide bonds. The van der Waals surface area contributed by atoms with Crippen LogP contribution in [-0.4, -0.2) is 18.5 Å². The Hall–Kier alpha value is -0.890. The minimum atomic E-state index is -0.172. The van der Waals surface area contributed by atoms with Crippen molar-refractivity contribution in [3.63, 3.8) is 0 Å². The highest BCUT2D eigenvalue weighted by molar-refractivity contribution is 5.82. The second-order valence-electron chi connectivity index (χ2n) is 3.65. The zero-order valence-corrected chi connectivity index (χ0v) is 7.82. The molecule has 2 heteroatoms. The lowest BCUT2D eigenvalue weighted by molar-refractivity contribution is -0.150. The van der Waals surface area contributed by atoms with E-state index in [2.05, 4.69) is 18.2 Å². The SMILES string of the molecule is CC(=O)C1OCC1C1=CCCC=C1. The molecule has 0 aromatic heterocycles. The van der Waals surface area contributed by atoms with Crippen molar-refractivity contribution < 1.29 is 9.53 Å². The van der Waals surface area contributed by atoms with Crippen LogP contribution in [0.2, 0.25) is 0 Å². The monoisotopic (exact) mass is 178 g/mol. The summed E-state index contributed by atoms with van der Waals surface area (Å²) < 4.78 is 5.23. The Labute approximate surface area is 78.3 Å². The number of rotatable bonds is 2. The Balaban J connectivity index is 2.05. The number of Topliss-reactive ketones (excluding diaryl/α,β-unsaturated/α-hetero) is 1. The molecule has 1 aliphatic heterocycles. The van der Waals surface area contributed by atoms with Gasteiger partial charge in [-0.3, -0.25) is 4.79 Å². The molecule has 2 atom stereocenters. The molecule has 2 aliphatic rings. The van der Waals surface area contributed by atoms with E-state index in [0.29, 0.717) is 12.5 Å². The molecule has 2 nitrogen and oxygen atoms in total. The maximum absolute atomic E-state index is 11.1. The second kappa shape index (κ2) is 3.46. The van der Waals surface area contributed by atoms with Crippen LogP contribution in [0.1, 0.15) is 19.8 Å². The summed E-state index contributed by atoms with van der Waals surface area (Å²) in [5.74, 6) is 0.477. The van der Waals surface area contributed by atoms with Gasteiger partial charge in [-0.1, -0.05) is 18.2 Å². The molecule has 0 radical (unpaired) electrons. The first-order chi connectivity index (χ1) is 6.29. The highest BCUT2D eigenvalue weighted by Crippen LogP contribution is 2.31. The lowest BCUT2D eigenvalue weighted by atomic mass is 9.85. The number of allylic oxidation sites excluding steroid dienone is 3. The van der Waals surface area contributed by atoms with Crippen LogP contribution in [-0.2, 0) is 9.53 Å². The number of hydrogen-bond donors (Lipinski definition) is 0. The highest BCUT2D eigenvalue weighted by Gasteiger charge is 2.37. The summed E-state index contributed by atoms with van der Waals surface area (Å²) in [6.45, 7) is 2.31. The molecule has 0 N–H and O–H groups in total. The van der Waals surface area contributed by atoms with Crippen molar-refractivity contribution in [3.8, 4) is 0 Å². The summed E-state index contributed by atoms with van der Waals surface area (Å²) in [6, 6.07) is 0. The Morgan fingerprint density at radius 2 is 2.38 bits per heavy atom. The number of hydrogen-bond acceptors (Lipinski definition) is 2. The smallest absolute Gasteiger partial charge is 0.159 e. The van der Waals surface area contributed by atoms with Crippen molar-refractivity contribution in [1.82, 2.24) is 0 Å². The minimum absolute atomic E-state index is 0.149. The van der Waals surface area contributed by atoms with Gasteiger partial charge in [0.05, 0.1) is 6.61 Å². The second-order valence-corrected chi connectivity index (χ2v) is 3.65. The average Bonchev–Trinajstić information content (AvgIpc) is 2.02. The van der Waals surface area contributed by atoms with Crippen LogP contribution < -0.4 is 0 Å². The predicted octanol–water partition coefficient (Wildman–Crippen LogP) is 1.87. The first-order valence-corrected chi connectivity index (χ1v) is 4.77. The van der Waals surface area contributed by atoms with E-state index in [1.165, 1.54) is 5.57 Å². The van der Waals surface area contributed by atoms with Crippen LogP contribution in [0.15, 0.2) is 23.8 Å². The molecule has 13 heavy (non-hydrogen) atoms. The van der Waals surface area contributed by atoms with E-state index < -0.39 is 0 Å². The minimum Gasteiger partial charge on any atom is -0.369 e. The van der Waals surface area contributed by atoms with Gasteiger partial charge < -0.3 is 4.74 Å². The Kier molecular flexibility index (Phi) is 2.32. The third-order valence-electron chi connectivity index (χ3n) is 2.67. The molecule has 0 bridgehead atoms. The van der Waals surface area contributed by atoms with Crippen molar-refractivity contribution in [1.29, 1.82) is 0 Å². The molecule has 0 spiro atoms. The van der Waals surface area contributed by atoms with Crippen molar-refractivity contribution in [2.75, 3.05) is 6.61 Å². The van der Waals surface area contributed by atoms with Gasteiger partial charge in [0, 0.05) is 5.92 Å². The van der Waals surface area contributed by atoms with Crippen LogP contribution >= 0.6 is 0 Å². The molecule has 2 unspecified atom stereocenters. The average molecular weight is 178 g/mol. The van der Waals surface area contributed by atoms with Crippen molar-refractivity contribution in [2.24, 2.45) is 5.92 Å². The fourth-order valence-electron chi connectivity index (χ4n) is 1.87. The number of carbonyl (C=O) groups is 1. The molecule has 1 fully saturated rings. The van der Waals surface area contributed by atoms with Gasteiger partial charge in [-0.25, -0.2) is 0 Å². The van der Waals surface area contributed by atoms with Gasteiger partial charge in [0.1, 0.15) is 6.10 Å². The topological polar surface area (TPSA) is 26.3 Å². The van der Waals surface area contributed by atoms with Crippen LogP contribution in [0.25, 0.3) is 0 Å². The van der Waals surface area contributed by atoms with Gasteiger partial charge >= 0.3 is 0 Å². The van der Waals surface area contributed by atoms with Crippen LogP contribution in [0.5, 0.6) is 0 Å². The Morgan fingerprint density at radius 1 is 1.54 bits per heavy atom. The van der Waals surface area contributed by atoms with E-state index in [-0.39, 0.29) is 11.9 Å². The third-order valence-corrected chi connectivity index (χ3v) is 2.67. The van der Waals surface area contributed by atoms with Crippen LogP contribution in [0.4, 0.5) is 0 Å². The summed E-state index contributed by atoms with van der Waals surface area (Å²) in [5, 5.41) is 0. The summed E-state index contributed by atoms with van der Waals surface area (Å²) in [6.07, 6.45) is 8.59. The zero-order chi connectivity index (χ0) is 9.26. The molecular weight excluding hydrogens is 164 g/mol. The molecule has 0 aromatic rings. The summed E-state index contributed by atoms with van der Waals surface area (Å²) >= 11 is 0.